The minimum Gasteiger partial charge on any atom is -0.443 e. The highest BCUT2D eigenvalue weighted by molar-refractivity contribution is 5.79. The van der Waals surface area contributed by atoms with Crippen molar-refractivity contribution in [2.75, 3.05) is 26.7 Å². The molecule has 1 aliphatic carbocycles. The van der Waals surface area contributed by atoms with Crippen LogP contribution in [0.15, 0.2) is 15.6 Å². The number of hydrogen-bond donors (Lipinski definition) is 2. The number of oxazole rings is 1. The SMILES string of the molecule is CN=C(NCc1ncc(C(C)(C)C)o1)NC1CCN(CC2CCCC2)C1. The fourth-order valence-corrected chi connectivity index (χ4v) is 3.96. The van der Waals surface area contributed by atoms with Crippen LogP contribution in [0.4, 0.5) is 0 Å². The van der Waals surface area contributed by atoms with Crippen molar-refractivity contribution in [3.8, 4) is 0 Å². The van der Waals surface area contributed by atoms with Crippen LogP contribution in [0, 0.1) is 5.92 Å². The zero-order valence-electron chi connectivity index (χ0n) is 16.8. The number of hydrogen-bond acceptors (Lipinski definition) is 4. The van der Waals surface area contributed by atoms with Crippen LogP contribution in [0.1, 0.15) is 64.5 Å². The molecule has 146 valence electrons. The largest absolute Gasteiger partial charge is 0.443 e. The van der Waals surface area contributed by atoms with E-state index in [1.165, 1.54) is 45.2 Å². The molecule has 1 atom stereocenters. The topological polar surface area (TPSA) is 65.7 Å². The second-order valence-corrected chi connectivity index (χ2v) is 8.83. The highest BCUT2D eigenvalue weighted by atomic mass is 16.4. The Hall–Kier alpha value is -1.56. The van der Waals surface area contributed by atoms with E-state index in [2.05, 4.69) is 46.3 Å². The molecule has 2 heterocycles. The first kappa shape index (κ1) is 19.2. The summed E-state index contributed by atoms with van der Waals surface area (Å²) in [5.74, 6) is 3.37. The third kappa shape index (κ3) is 5.22. The summed E-state index contributed by atoms with van der Waals surface area (Å²) in [6, 6.07) is 0.470. The van der Waals surface area contributed by atoms with Crippen molar-refractivity contribution in [2.24, 2.45) is 10.9 Å². The zero-order valence-corrected chi connectivity index (χ0v) is 16.8. The van der Waals surface area contributed by atoms with Gasteiger partial charge in [0.25, 0.3) is 0 Å². The maximum Gasteiger partial charge on any atom is 0.213 e. The van der Waals surface area contributed by atoms with Gasteiger partial charge in [0.1, 0.15) is 5.76 Å². The van der Waals surface area contributed by atoms with E-state index in [1.807, 2.05) is 13.2 Å². The van der Waals surface area contributed by atoms with Gasteiger partial charge >= 0.3 is 0 Å². The van der Waals surface area contributed by atoms with Gasteiger partial charge in [0.15, 0.2) is 5.96 Å². The molecule has 2 N–H and O–H groups in total. The highest BCUT2D eigenvalue weighted by Gasteiger charge is 2.26. The second-order valence-electron chi connectivity index (χ2n) is 8.83. The Kier molecular flexibility index (Phi) is 6.22. The van der Waals surface area contributed by atoms with Gasteiger partial charge in [-0.15, -0.1) is 0 Å². The molecular formula is C20H35N5O. The number of rotatable bonds is 5. The van der Waals surface area contributed by atoms with Gasteiger partial charge in [-0.2, -0.15) is 0 Å². The molecule has 2 aliphatic rings. The van der Waals surface area contributed by atoms with E-state index < -0.39 is 0 Å². The molecule has 0 bridgehead atoms. The van der Waals surface area contributed by atoms with Gasteiger partial charge in [-0.3, -0.25) is 4.99 Å². The molecule has 0 amide bonds. The average molecular weight is 362 g/mol. The van der Waals surface area contributed by atoms with Gasteiger partial charge in [0.05, 0.1) is 12.7 Å². The lowest BCUT2D eigenvalue weighted by Gasteiger charge is -2.21. The summed E-state index contributed by atoms with van der Waals surface area (Å²) in [7, 11) is 1.82. The van der Waals surface area contributed by atoms with E-state index in [0.29, 0.717) is 18.5 Å². The second kappa shape index (κ2) is 8.42. The molecule has 1 saturated carbocycles. The Morgan fingerprint density at radius 1 is 1.31 bits per heavy atom. The molecule has 1 aromatic rings. The van der Waals surface area contributed by atoms with Crippen LogP contribution in [-0.2, 0) is 12.0 Å². The molecule has 0 spiro atoms. The predicted octanol–water partition coefficient (Wildman–Crippen LogP) is 2.90. The number of aliphatic imine (C=N–C) groups is 1. The molecule has 6 heteroatoms. The minimum atomic E-state index is -0.0161. The number of guanidine groups is 1. The van der Waals surface area contributed by atoms with Crippen molar-refractivity contribution in [3.63, 3.8) is 0 Å². The van der Waals surface area contributed by atoms with Crippen LogP contribution in [-0.4, -0.2) is 48.6 Å². The molecule has 1 unspecified atom stereocenters. The Bertz CT molecular complexity index is 598. The lowest BCUT2D eigenvalue weighted by atomic mass is 9.94. The van der Waals surface area contributed by atoms with Crippen LogP contribution >= 0.6 is 0 Å². The molecule has 1 aliphatic heterocycles. The fourth-order valence-electron chi connectivity index (χ4n) is 3.96. The van der Waals surface area contributed by atoms with Crippen molar-refractivity contribution in [1.82, 2.24) is 20.5 Å². The summed E-state index contributed by atoms with van der Waals surface area (Å²) in [6.45, 7) is 10.5. The Balaban J connectivity index is 1.42. The first-order chi connectivity index (χ1) is 12.4. The lowest BCUT2D eigenvalue weighted by Crippen LogP contribution is -2.44. The van der Waals surface area contributed by atoms with Crippen LogP contribution < -0.4 is 10.6 Å². The number of likely N-dealkylation sites (tertiary alicyclic amines) is 1. The first-order valence-corrected chi connectivity index (χ1v) is 10.1. The van der Waals surface area contributed by atoms with Gasteiger partial charge in [-0.1, -0.05) is 33.6 Å². The van der Waals surface area contributed by atoms with Crippen molar-refractivity contribution < 1.29 is 4.42 Å². The summed E-state index contributed by atoms with van der Waals surface area (Å²) in [5.41, 5.74) is -0.0161. The van der Waals surface area contributed by atoms with E-state index in [4.69, 9.17) is 4.42 Å². The molecule has 26 heavy (non-hydrogen) atoms. The summed E-state index contributed by atoms with van der Waals surface area (Å²) < 4.78 is 5.84. The highest BCUT2D eigenvalue weighted by Crippen LogP contribution is 2.26. The van der Waals surface area contributed by atoms with Crippen molar-refractivity contribution in [2.45, 2.75) is 70.9 Å². The zero-order chi connectivity index (χ0) is 18.6. The molecule has 2 fully saturated rings. The Labute approximate surface area is 157 Å². The minimum absolute atomic E-state index is 0.0161. The summed E-state index contributed by atoms with van der Waals surface area (Å²) >= 11 is 0. The van der Waals surface area contributed by atoms with Crippen LogP contribution in [0.5, 0.6) is 0 Å². The van der Waals surface area contributed by atoms with Crippen LogP contribution in [0.25, 0.3) is 0 Å². The summed E-state index contributed by atoms with van der Waals surface area (Å²) in [5, 5.41) is 6.89. The fraction of sp³-hybridized carbons (Fsp3) is 0.800. The first-order valence-electron chi connectivity index (χ1n) is 10.1. The van der Waals surface area contributed by atoms with E-state index >= 15 is 0 Å². The van der Waals surface area contributed by atoms with Gasteiger partial charge in [-0.05, 0) is 25.2 Å². The standard InChI is InChI=1S/C20H35N5O/c1-20(2,3)17-11-22-18(26-17)12-23-19(21-4)24-16-9-10-25(14-16)13-15-7-5-6-8-15/h11,15-16H,5-10,12-14H2,1-4H3,(H2,21,23,24). The van der Waals surface area contributed by atoms with Crippen LogP contribution in [0.3, 0.4) is 0 Å². The molecule has 0 aromatic carbocycles. The molecule has 3 rings (SSSR count). The van der Waals surface area contributed by atoms with E-state index in [9.17, 15) is 0 Å². The van der Waals surface area contributed by atoms with Gasteiger partial charge in [0.2, 0.25) is 5.89 Å². The summed E-state index contributed by atoms with van der Waals surface area (Å²) in [4.78, 5) is 11.3. The van der Waals surface area contributed by atoms with Gasteiger partial charge < -0.3 is 20.0 Å². The Morgan fingerprint density at radius 2 is 2.08 bits per heavy atom. The molecule has 1 saturated heterocycles. The monoisotopic (exact) mass is 361 g/mol. The van der Waals surface area contributed by atoms with Crippen LogP contribution in [0.2, 0.25) is 0 Å². The lowest BCUT2D eigenvalue weighted by molar-refractivity contribution is 0.275. The molecule has 0 radical (unpaired) electrons. The Morgan fingerprint density at radius 3 is 2.73 bits per heavy atom. The quantitative estimate of drug-likeness (QED) is 0.624. The predicted molar refractivity (Wildman–Crippen MR) is 105 cm³/mol. The number of nitrogens with zero attached hydrogens (tertiary/aromatic N) is 3. The maximum absolute atomic E-state index is 5.84. The molecule has 1 aromatic heterocycles. The number of nitrogens with one attached hydrogen (secondary N) is 2. The van der Waals surface area contributed by atoms with E-state index in [0.717, 1.165) is 24.2 Å². The van der Waals surface area contributed by atoms with E-state index in [1.54, 1.807) is 0 Å². The van der Waals surface area contributed by atoms with Crippen molar-refractivity contribution >= 4 is 5.96 Å². The average Bonchev–Trinajstić information content (AvgIpc) is 3.33. The molecular weight excluding hydrogens is 326 g/mol. The third-order valence-electron chi connectivity index (χ3n) is 5.53. The smallest absolute Gasteiger partial charge is 0.213 e. The van der Waals surface area contributed by atoms with Crippen molar-refractivity contribution in [3.05, 3.63) is 17.8 Å². The van der Waals surface area contributed by atoms with Gasteiger partial charge in [0, 0.05) is 38.1 Å². The molecule has 6 nitrogen and oxygen atoms in total. The normalized spacial score (nSPS) is 22.9. The maximum atomic E-state index is 5.84. The number of aromatic nitrogens is 1. The summed E-state index contributed by atoms with van der Waals surface area (Å²) in [6.07, 6.45) is 8.70. The van der Waals surface area contributed by atoms with Crippen molar-refractivity contribution in [1.29, 1.82) is 0 Å². The van der Waals surface area contributed by atoms with Gasteiger partial charge in [-0.25, -0.2) is 4.98 Å². The van der Waals surface area contributed by atoms with E-state index in [-0.39, 0.29) is 5.41 Å². The third-order valence-corrected chi connectivity index (χ3v) is 5.53.